The van der Waals surface area contributed by atoms with Gasteiger partial charge < -0.3 is 15.2 Å². The fraction of sp³-hybridized carbons (Fsp3) is 0.727. The van der Waals surface area contributed by atoms with Gasteiger partial charge in [0.1, 0.15) is 5.60 Å². The number of hydrogen-bond acceptors (Lipinski definition) is 3. The van der Waals surface area contributed by atoms with Crippen molar-refractivity contribution in [3.63, 3.8) is 0 Å². The molecule has 2 atom stereocenters. The van der Waals surface area contributed by atoms with Gasteiger partial charge in [-0.2, -0.15) is 0 Å². The molecule has 1 amide bonds. The molecule has 0 heterocycles. The first-order valence-corrected chi connectivity index (χ1v) is 5.06. The second-order valence-corrected chi connectivity index (χ2v) is 4.56. The number of nitrogens with one attached hydrogen (secondary N) is 1. The molecule has 4 heteroatoms. The van der Waals surface area contributed by atoms with E-state index in [-0.39, 0.29) is 6.04 Å². The average Bonchev–Trinajstić information content (AvgIpc) is 1.96. The minimum absolute atomic E-state index is 0.158. The monoisotopic (exact) mass is 215 g/mol. The van der Waals surface area contributed by atoms with Crippen molar-refractivity contribution in [3.05, 3.63) is 12.2 Å². The number of aliphatic hydroxyl groups is 1. The lowest BCUT2D eigenvalue weighted by molar-refractivity contribution is 0.0517. The zero-order chi connectivity index (χ0) is 12.1. The van der Waals surface area contributed by atoms with Crippen molar-refractivity contribution >= 4 is 6.09 Å². The minimum atomic E-state index is -0.507. The molecular formula is C11H21NO3. The molecule has 2 N–H and O–H groups in total. The molecule has 0 unspecified atom stereocenters. The van der Waals surface area contributed by atoms with Gasteiger partial charge in [0, 0.05) is 6.04 Å². The lowest BCUT2D eigenvalue weighted by Gasteiger charge is -2.21. The SMILES string of the molecule is C[C@H](O)/C=C\[C@H](C)NC(=O)OC(C)(C)C. The highest BCUT2D eigenvalue weighted by atomic mass is 16.6. The molecule has 0 bridgehead atoms. The fourth-order valence-electron chi connectivity index (χ4n) is 0.869. The smallest absolute Gasteiger partial charge is 0.408 e. The molecule has 0 aromatic heterocycles. The molecule has 15 heavy (non-hydrogen) atoms. The standard InChI is InChI=1S/C11H21NO3/c1-8(6-7-9(2)13)12-10(14)15-11(3,4)5/h6-9,13H,1-5H3,(H,12,14)/b7-6-/t8-,9-/m0/s1. The Morgan fingerprint density at radius 1 is 1.33 bits per heavy atom. The summed E-state index contributed by atoms with van der Waals surface area (Å²) in [6, 6.07) is -0.158. The molecule has 0 saturated heterocycles. The van der Waals surface area contributed by atoms with E-state index in [9.17, 15) is 4.79 Å². The van der Waals surface area contributed by atoms with E-state index < -0.39 is 17.8 Å². The van der Waals surface area contributed by atoms with Crippen LogP contribution in [0.4, 0.5) is 4.79 Å². The topological polar surface area (TPSA) is 58.6 Å². The number of alkyl carbamates (subject to hydrolysis) is 1. The summed E-state index contributed by atoms with van der Waals surface area (Å²) in [4.78, 5) is 11.3. The number of amides is 1. The van der Waals surface area contributed by atoms with Crippen LogP contribution in [0, 0.1) is 0 Å². The third kappa shape index (κ3) is 9.28. The molecule has 0 aliphatic carbocycles. The molecule has 0 radical (unpaired) electrons. The van der Waals surface area contributed by atoms with Crippen molar-refractivity contribution in [1.82, 2.24) is 5.32 Å². The van der Waals surface area contributed by atoms with Gasteiger partial charge in [0.2, 0.25) is 0 Å². The van der Waals surface area contributed by atoms with Crippen LogP contribution in [0.5, 0.6) is 0 Å². The first-order chi connectivity index (χ1) is 6.70. The van der Waals surface area contributed by atoms with Crippen LogP contribution < -0.4 is 5.32 Å². The Morgan fingerprint density at radius 3 is 2.27 bits per heavy atom. The van der Waals surface area contributed by atoms with E-state index in [1.54, 1.807) is 19.1 Å². The molecule has 0 aliphatic rings. The number of carbonyl (C=O) groups excluding carboxylic acids is 1. The summed E-state index contributed by atoms with van der Waals surface area (Å²) >= 11 is 0. The van der Waals surface area contributed by atoms with E-state index in [4.69, 9.17) is 9.84 Å². The minimum Gasteiger partial charge on any atom is -0.444 e. The molecule has 0 aliphatic heterocycles. The summed E-state index contributed by atoms with van der Waals surface area (Å²) in [6.07, 6.45) is 2.37. The Labute approximate surface area is 91.3 Å². The maximum Gasteiger partial charge on any atom is 0.408 e. The first kappa shape index (κ1) is 14.0. The van der Waals surface area contributed by atoms with Gasteiger partial charge in [0.05, 0.1) is 6.10 Å². The Hall–Kier alpha value is -1.03. The maximum absolute atomic E-state index is 11.3. The highest BCUT2D eigenvalue weighted by Gasteiger charge is 2.16. The third-order valence-corrected chi connectivity index (χ3v) is 1.42. The highest BCUT2D eigenvalue weighted by Crippen LogP contribution is 2.06. The summed E-state index contributed by atoms with van der Waals surface area (Å²) in [5, 5.41) is 11.6. The predicted octanol–water partition coefficient (Wildman–Crippen LogP) is 1.84. The van der Waals surface area contributed by atoms with Crippen molar-refractivity contribution in [2.75, 3.05) is 0 Å². The Bertz CT molecular complexity index is 228. The molecule has 4 nitrogen and oxygen atoms in total. The first-order valence-electron chi connectivity index (χ1n) is 5.06. The van der Waals surface area contributed by atoms with E-state index in [1.807, 2.05) is 27.7 Å². The van der Waals surface area contributed by atoms with E-state index in [1.165, 1.54) is 0 Å². The predicted molar refractivity (Wildman–Crippen MR) is 59.7 cm³/mol. The van der Waals surface area contributed by atoms with Crippen LogP contribution in [0.15, 0.2) is 12.2 Å². The van der Waals surface area contributed by atoms with Crippen molar-refractivity contribution in [2.45, 2.75) is 52.4 Å². The van der Waals surface area contributed by atoms with Crippen molar-refractivity contribution in [1.29, 1.82) is 0 Å². The van der Waals surface area contributed by atoms with Gasteiger partial charge in [0.15, 0.2) is 0 Å². The van der Waals surface area contributed by atoms with Crippen LogP contribution in [-0.4, -0.2) is 28.9 Å². The van der Waals surface area contributed by atoms with E-state index in [2.05, 4.69) is 5.32 Å². The van der Waals surface area contributed by atoms with Crippen LogP contribution in [0.2, 0.25) is 0 Å². The molecule has 0 rings (SSSR count). The molecular weight excluding hydrogens is 194 g/mol. The maximum atomic E-state index is 11.3. The summed E-state index contributed by atoms with van der Waals surface area (Å²) in [5.41, 5.74) is -0.488. The summed E-state index contributed by atoms with van der Waals surface area (Å²) in [5.74, 6) is 0. The number of rotatable bonds is 3. The normalized spacial score (nSPS) is 16.1. The summed E-state index contributed by atoms with van der Waals surface area (Å²) in [7, 11) is 0. The van der Waals surface area contributed by atoms with Gasteiger partial charge in [-0.15, -0.1) is 0 Å². The molecule has 0 saturated carbocycles. The highest BCUT2D eigenvalue weighted by molar-refractivity contribution is 5.68. The summed E-state index contributed by atoms with van der Waals surface area (Å²) < 4.78 is 5.07. The van der Waals surface area contributed by atoms with Crippen LogP contribution in [0.25, 0.3) is 0 Å². The zero-order valence-corrected chi connectivity index (χ0v) is 10.1. The van der Waals surface area contributed by atoms with Crippen LogP contribution >= 0.6 is 0 Å². The molecule has 0 fully saturated rings. The second-order valence-electron chi connectivity index (χ2n) is 4.56. The van der Waals surface area contributed by atoms with Gasteiger partial charge in [-0.3, -0.25) is 0 Å². The largest absolute Gasteiger partial charge is 0.444 e. The second kappa shape index (κ2) is 5.75. The molecule has 0 aromatic carbocycles. The lowest BCUT2D eigenvalue weighted by atomic mass is 10.2. The van der Waals surface area contributed by atoms with E-state index in [0.29, 0.717) is 0 Å². The number of carbonyl (C=O) groups is 1. The van der Waals surface area contributed by atoms with Crippen LogP contribution in [0.3, 0.4) is 0 Å². The van der Waals surface area contributed by atoms with E-state index in [0.717, 1.165) is 0 Å². The molecule has 0 aromatic rings. The fourth-order valence-corrected chi connectivity index (χ4v) is 0.869. The van der Waals surface area contributed by atoms with Gasteiger partial charge in [-0.05, 0) is 34.6 Å². The van der Waals surface area contributed by atoms with E-state index >= 15 is 0 Å². The number of hydrogen-bond donors (Lipinski definition) is 2. The van der Waals surface area contributed by atoms with Gasteiger partial charge >= 0.3 is 6.09 Å². The average molecular weight is 215 g/mol. The van der Waals surface area contributed by atoms with Crippen molar-refractivity contribution in [2.24, 2.45) is 0 Å². The van der Waals surface area contributed by atoms with Crippen LogP contribution in [0.1, 0.15) is 34.6 Å². The number of aliphatic hydroxyl groups excluding tert-OH is 1. The summed E-state index contributed by atoms with van der Waals surface area (Å²) in [6.45, 7) is 8.88. The lowest BCUT2D eigenvalue weighted by Crippen LogP contribution is -2.36. The molecule has 0 spiro atoms. The Balaban J connectivity index is 3.97. The van der Waals surface area contributed by atoms with Crippen molar-refractivity contribution in [3.8, 4) is 0 Å². The zero-order valence-electron chi connectivity index (χ0n) is 10.1. The van der Waals surface area contributed by atoms with Gasteiger partial charge in [-0.25, -0.2) is 4.79 Å². The van der Waals surface area contributed by atoms with Crippen molar-refractivity contribution < 1.29 is 14.6 Å². The third-order valence-electron chi connectivity index (χ3n) is 1.42. The Kier molecular flexibility index (Phi) is 5.36. The molecule has 88 valence electrons. The number of ether oxygens (including phenoxy) is 1. The van der Waals surface area contributed by atoms with Gasteiger partial charge in [-0.1, -0.05) is 12.2 Å². The quantitative estimate of drug-likeness (QED) is 0.706. The van der Waals surface area contributed by atoms with Gasteiger partial charge in [0.25, 0.3) is 0 Å². The van der Waals surface area contributed by atoms with Crippen LogP contribution in [-0.2, 0) is 4.74 Å². The Morgan fingerprint density at radius 2 is 1.87 bits per heavy atom.